The molecular weight excluding hydrogens is 580 g/mol. The molecule has 0 amide bonds. The van der Waals surface area contributed by atoms with Gasteiger partial charge in [0.1, 0.15) is 10.7 Å². The van der Waals surface area contributed by atoms with Crippen molar-refractivity contribution in [3.8, 4) is 20.9 Å². The van der Waals surface area contributed by atoms with Gasteiger partial charge in [-0.25, -0.2) is 0 Å². The first-order chi connectivity index (χ1) is 14.9. The molecule has 4 nitrogen and oxygen atoms in total. The second kappa shape index (κ2) is 7.05. The minimum atomic E-state index is -3.89. The number of hydrogen-bond acceptors (Lipinski definition) is 4. The van der Waals surface area contributed by atoms with Gasteiger partial charge < -0.3 is 0 Å². The summed E-state index contributed by atoms with van der Waals surface area (Å²) in [5.41, 5.74) is 2.04. The van der Waals surface area contributed by atoms with Crippen molar-refractivity contribution in [3.63, 3.8) is 0 Å². The molecule has 2 aromatic heterocycles. The Bertz CT molecular complexity index is 1660. The van der Waals surface area contributed by atoms with Crippen molar-refractivity contribution < 1.29 is 8.42 Å². The zero-order chi connectivity index (χ0) is 21.3. The third kappa shape index (κ3) is 3.30. The Morgan fingerprint density at radius 1 is 0.613 bits per heavy atom. The largest absolute Gasteiger partial charge is 0.364 e. The lowest BCUT2D eigenvalue weighted by molar-refractivity contribution is 0.599. The van der Waals surface area contributed by atoms with E-state index in [1.54, 1.807) is 22.7 Å². The molecule has 0 spiro atoms. The van der Waals surface area contributed by atoms with Crippen molar-refractivity contribution in [2.75, 3.05) is 0 Å². The molecule has 9 heteroatoms. The van der Waals surface area contributed by atoms with Gasteiger partial charge in [0.25, 0.3) is 0 Å². The quantitative estimate of drug-likeness (QED) is 0.221. The molecule has 1 aliphatic heterocycles. The van der Waals surface area contributed by atoms with Gasteiger partial charge in [-0.05, 0) is 90.2 Å². The Morgan fingerprint density at radius 3 is 1.45 bits per heavy atom. The van der Waals surface area contributed by atoms with Gasteiger partial charge in [-0.2, -0.15) is 8.42 Å². The maximum atomic E-state index is 12.3. The van der Waals surface area contributed by atoms with Crippen molar-refractivity contribution in [1.29, 1.82) is 0 Å². The number of hydrogen-bond donors (Lipinski definition) is 0. The van der Waals surface area contributed by atoms with Gasteiger partial charge >= 0.3 is 10.2 Å². The molecule has 6 rings (SSSR count). The summed E-state index contributed by atoms with van der Waals surface area (Å²) in [5, 5.41) is 4.35. The van der Waals surface area contributed by atoms with Crippen molar-refractivity contribution in [3.05, 3.63) is 79.0 Å². The molecule has 0 unspecified atom stereocenters. The third-order valence-corrected chi connectivity index (χ3v) is 9.36. The van der Waals surface area contributed by atoms with Crippen molar-refractivity contribution in [2.24, 2.45) is 8.80 Å². The third-order valence-electron chi connectivity index (χ3n) is 5.19. The molecule has 31 heavy (non-hydrogen) atoms. The van der Waals surface area contributed by atoms with E-state index in [0.717, 1.165) is 50.0 Å². The smallest absolute Gasteiger partial charge is 0.179 e. The minimum absolute atomic E-state index is 0.421. The molecule has 0 radical (unpaired) electrons. The molecule has 0 bridgehead atoms. The summed E-state index contributed by atoms with van der Waals surface area (Å²) in [6, 6.07) is 20.3. The lowest BCUT2D eigenvalue weighted by Gasteiger charge is -2.08. The molecule has 0 aliphatic carbocycles. The SMILES string of the molecule is O=S1(=O)N=c2c(c3cc(-c4ccc(Br)s4)ccc3c3ccc(-c4ccc(Br)s4)cc23)=N1. The molecule has 1 aliphatic rings. The predicted octanol–water partition coefficient (Wildman–Crippen LogP) is 6.47. The number of nitrogens with zero attached hydrogens (tertiary/aromatic N) is 2. The zero-order valence-corrected chi connectivity index (χ0v) is 21.1. The molecule has 0 saturated carbocycles. The van der Waals surface area contributed by atoms with Crippen molar-refractivity contribution in [1.82, 2.24) is 0 Å². The van der Waals surface area contributed by atoms with E-state index in [-0.39, 0.29) is 0 Å². The predicted molar refractivity (Wildman–Crippen MR) is 135 cm³/mol. The van der Waals surface area contributed by atoms with Gasteiger partial charge in [-0.15, -0.1) is 31.5 Å². The molecule has 0 N–H and O–H groups in total. The van der Waals surface area contributed by atoms with Crippen LogP contribution in [0.5, 0.6) is 0 Å². The van der Waals surface area contributed by atoms with Crippen molar-refractivity contribution >= 4 is 86.3 Å². The highest BCUT2D eigenvalue weighted by atomic mass is 79.9. The number of fused-ring (bicyclic) bond motifs is 6. The van der Waals surface area contributed by atoms with Crippen LogP contribution in [0.2, 0.25) is 0 Å². The fraction of sp³-hybridized carbons (Fsp3) is 0. The van der Waals surface area contributed by atoms with Crippen LogP contribution in [-0.4, -0.2) is 8.42 Å². The number of halogens is 2. The average Bonchev–Trinajstić information content (AvgIpc) is 3.45. The Morgan fingerprint density at radius 2 is 1.06 bits per heavy atom. The van der Waals surface area contributed by atoms with Gasteiger partial charge in [0.2, 0.25) is 0 Å². The van der Waals surface area contributed by atoms with E-state index >= 15 is 0 Å². The van der Waals surface area contributed by atoms with Gasteiger partial charge in [0, 0.05) is 20.5 Å². The molecule has 5 aromatic rings. The summed E-state index contributed by atoms with van der Waals surface area (Å²) in [6.07, 6.45) is 0. The Balaban J connectivity index is 1.72. The fourth-order valence-corrected chi connectivity index (χ4v) is 7.52. The maximum absolute atomic E-state index is 12.3. The second-order valence-corrected chi connectivity index (χ2v) is 13.2. The van der Waals surface area contributed by atoms with Gasteiger partial charge in [0.05, 0.1) is 7.57 Å². The number of thiophene rings is 2. The van der Waals surface area contributed by atoms with Crippen LogP contribution in [0.4, 0.5) is 0 Å². The van der Waals surface area contributed by atoms with Gasteiger partial charge in [0.15, 0.2) is 0 Å². The van der Waals surface area contributed by atoms with E-state index in [1.165, 1.54) is 0 Å². The molecule has 0 fully saturated rings. The van der Waals surface area contributed by atoms with Crippen LogP contribution in [0.1, 0.15) is 0 Å². The summed E-state index contributed by atoms with van der Waals surface area (Å²) in [6.45, 7) is 0. The van der Waals surface area contributed by atoms with Crippen LogP contribution in [0, 0.1) is 0 Å². The van der Waals surface area contributed by atoms with Crippen LogP contribution >= 0.6 is 54.5 Å². The average molecular weight is 590 g/mol. The molecular formula is C22H10Br2N2O2S3. The molecule has 0 atom stereocenters. The monoisotopic (exact) mass is 588 g/mol. The summed E-state index contributed by atoms with van der Waals surface area (Å²) < 4.78 is 34.8. The first-order valence-corrected chi connectivity index (χ1v) is 13.8. The molecule has 0 saturated heterocycles. The summed E-state index contributed by atoms with van der Waals surface area (Å²) in [5.74, 6) is 0. The molecule has 3 aromatic carbocycles. The van der Waals surface area contributed by atoms with E-state index in [0.29, 0.717) is 10.7 Å². The van der Waals surface area contributed by atoms with Crippen LogP contribution in [0.25, 0.3) is 42.4 Å². The van der Waals surface area contributed by atoms with Gasteiger partial charge in [-0.1, -0.05) is 24.3 Å². The maximum Gasteiger partial charge on any atom is 0.364 e. The summed E-state index contributed by atoms with van der Waals surface area (Å²) in [7, 11) is -3.89. The molecule has 3 heterocycles. The van der Waals surface area contributed by atoms with Crippen molar-refractivity contribution in [2.45, 2.75) is 0 Å². The highest BCUT2D eigenvalue weighted by Gasteiger charge is 2.19. The summed E-state index contributed by atoms with van der Waals surface area (Å²) >= 11 is 10.3. The van der Waals surface area contributed by atoms with Crippen LogP contribution in [-0.2, 0) is 10.2 Å². The zero-order valence-electron chi connectivity index (χ0n) is 15.5. The van der Waals surface area contributed by atoms with E-state index in [4.69, 9.17) is 0 Å². The lowest BCUT2D eigenvalue weighted by atomic mass is 9.97. The van der Waals surface area contributed by atoms with Crippen LogP contribution in [0.15, 0.2) is 77.0 Å². The number of benzene rings is 3. The van der Waals surface area contributed by atoms with Crippen LogP contribution < -0.4 is 10.7 Å². The Kier molecular flexibility index (Phi) is 4.49. The first-order valence-electron chi connectivity index (χ1n) is 9.14. The van der Waals surface area contributed by atoms with E-state index in [9.17, 15) is 8.42 Å². The normalized spacial score (nSPS) is 14.5. The summed E-state index contributed by atoms with van der Waals surface area (Å²) in [4.78, 5) is 2.19. The van der Waals surface area contributed by atoms with E-state index < -0.39 is 10.2 Å². The Hall–Kier alpha value is -1.91. The first kappa shape index (κ1) is 19.8. The number of rotatable bonds is 2. The highest BCUT2D eigenvalue weighted by Crippen LogP contribution is 2.36. The van der Waals surface area contributed by atoms with Crippen LogP contribution in [0.3, 0.4) is 0 Å². The van der Waals surface area contributed by atoms with Gasteiger partial charge in [-0.3, -0.25) is 0 Å². The second-order valence-electron chi connectivity index (χ2n) is 7.06. The fourth-order valence-electron chi connectivity index (χ4n) is 3.89. The van der Waals surface area contributed by atoms with E-state index in [2.05, 4.69) is 52.8 Å². The van der Waals surface area contributed by atoms with E-state index in [1.807, 2.05) is 48.5 Å². The standard InChI is InChI=1S/C22H10Br2N2O2S3/c23-19-7-5-17(29-19)11-1-3-13-14-4-2-12(18-6-8-20(24)30-18)10-16(14)22-21(15(13)9-11)25-31(27,28)26-22/h1-10H. The minimum Gasteiger partial charge on any atom is -0.179 e. The lowest BCUT2D eigenvalue weighted by Crippen LogP contribution is -2.23. The topological polar surface area (TPSA) is 58.9 Å². The highest BCUT2D eigenvalue weighted by molar-refractivity contribution is 9.11. The Labute approximate surface area is 202 Å². The molecule has 152 valence electrons.